The average molecular weight is 440 g/mol. The number of hydrogen-bond donors (Lipinski definition) is 1. The molecular weight excluding hydrogens is 421 g/mol. The van der Waals surface area contributed by atoms with Crippen LogP contribution in [0.4, 0.5) is 13.2 Å². The molecule has 1 aromatic heterocycles. The molecule has 5 nitrogen and oxygen atoms in total. The molecule has 32 heavy (non-hydrogen) atoms. The monoisotopic (exact) mass is 440 g/mol. The van der Waals surface area contributed by atoms with E-state index in [0.717, 1.165) is 5.56 Å². The SMILES string of the molecule is CC(C)(O)c1ccc(Oc2ccc3c(c2)c(=O)ncn3Cc2c(F)cc(F)cc2F)cc1. The van der Waals surface area contributed by atoms with Gasteiger partial charge in [0, 0.05) is 17.7 Å². The largest absolute Gasteiger partial charge is 0.457 e. The van der Waals surface area contributed by atoms with Crippen molar-refractivity contribution in [2.45, 2.75) is 26.0 Å². The van der Waals surface area contributed by atoms with Crippen LogP contribution in [0, 0.1) is 17.5 Å². The maximum Gasteiger partial charge on any atom is 0.280 e. The first-order valence-electron chi connectivity index (χ1n) is 9.75. The molecule has 0 bridgehead atoms. The smallest absolute Gasteiger partial charge is 0.280 e. The molecule has 3 aromatic carbocycles. The second-order valence-electron chi connectivity index (χ2n) is 7.89. The van der Waals surface area contributed by atoms with Crippen molar-refractivity contribution < 1.29 is 23.0 Å². The fourth-order valence-corrected chi connectivity index (χ4v) is 3.34. The molecule has 0 saturated carbocycles. The number of hydrogen-bond acceptors (Lipinski definition) is 4. The van der Waals surface area contributed by atoms with Crippen LogP contribution < -0.4 is 10.3 Å². The van der Waals surface area contributed by atoms with Crippen molar-refractivity contribution in [2.75, 3.05) is 0 Å². The van der Waals surface area contributed by atoms with Crippen LogP contribution in [-0.2, 0) is 12.1 Å². The molecule has 0 unspecified atom stereocenters. The van der Waals surface area contributed by atoms with Crippen molar-refractivity contribution in [3.05, 3.63) is 99.9 Å². The average Bonchev–Trinajstić information content (AvgIpc) is 2.72. The van der Waals surface area contributed by atoms with Gasteiger partial charge in [-0.2, -0.15) is 4.98 Å². The van der Waals surface area contributed by atoms with Crippen molar-refractivity contribution in [3.8, 4) is 11.5 Å². The number of ether oxygens (including phenoxy) is 1. The van der Waals surface area contributed by atoms with E-state index in [1.165, 1.54) is 17.0 Å². The molecule has 1 N–H and O–H groups in total. The molecule has 0 aliphatic rings. The summed E-state index contributed by atoms with van der Waals surface area (Å²) in [4.78, 5) is 16.1. The Labute approximate surface area is 181 Å². The van der Waals surface area contributed by atoms with E-state index in [9.17, 15) is 23.1 Å². The van der Waals surface area contributed by atoms with Crippen molar-refractivity contribution in [2.24, 2.45) is 0 Å². The van der Waals surface area contributed by atoms with Gasteiger partial charge in [-0.1, -0.05) is 12.1 Å². The highest BCUT2D eigenvalue weighted by Gasteiger charge is 2.16. The van der Waals surface area contributed by atoms with E-state index in [4.69, 9.17) is 4.74 Å². The molecule has 164 valence electrons. The van der Waals surface area contributed by atoms with E-state index in [1.807, 2.05) is 0 Å². The molecule has 0 fully saturated rings. The zero-order valence-corrected chi connectivity index (χ0v) is 17.3. The van der Waals surface area contributed by atoms with Gasteiger partial charge in [0.2, 0.25) is 0 Å². The fourth-order valence-electron chi connectivity index (χ4n) is 3.34. The highest BCUT2D eigenvalue weighted by atomic mass is 19.1. The lowest BCUT2D eigenvalue weighted by Crippen LogP contribution is -2.15. The lowest BCUT2D eigenvalue weighted by Gasteiger charge is -2.18. The van der Waals surface area contributed by atoms with Gasteiger partial charge >= 0.3 is 0 Å². The number of fused-ring (bicyclic) bond motifs is 1. The van der Waals surface area contributed by atoms with E-state index in [2.05, 4.69) is 4.98 Å². The van der Waals surface area contributed by atoms with Crippen LogP contribution in [0.1, 0.15) is 25.0 Å². The topological polar surface area (TPSA) is 64.3 Å². The first kappa shape index (κ1) is 21.6. The number of halogens is 3. The molecule has 4 rings (SSSR count). The van der Waals surface area contributed by atoms with E-state index < -0.39 is 28.6 Å². The molecular formula is C24H19F3N2O3. The number of nitrogens with zero attached hydrogens (tertiary/aromatic N) is 2. The molecule has 0 spiro atoms. The van der Waals surface area contributed by atoms with E-state index >= 15 is 0 Å². The molecule has 0 saturated heterocycles. The summed E-state index contributed by atoms with van der Waals surface area (Å²) in [7, 11) is 0. The van der Waals surface area contributed by atoms with Crippen molar-refractivity contribution in [1.29, 1.82) is 0 Å². The second kappa shape index (κ2) is 8.12. The third-order valence-electron chi connectivity index (χ3n) is 5.05. The standard InChI is InChI=1S/C24H19F3N2O3/c1-24(2,31)14-3-5-16(6-4-14)32-17-7-8-22-18(11-17)23(30)28-13-29(22)12-19-20(26)9-15(25)10-21(19)27/h3-11,13,31H,12H2,1-2H3. The number of benzene rings is 3. The fraction of sp³-hybridized carbons (Fsp3) is 0.167. The number of aromatic nitrogens is 2. The summed E-state index contributed by atoms with van der Waals surface area (Å²) in [6.07, 6.45) is 1.18. The van der Waals surface area contributed by atoms with Crippen LogP contribution >= 0.6 is 0 Å². The Hall–Kier alpha value is -3.65. The predicted molar refractivity (Wildman–Crippen MR) is 113 cm³/mol. The Kier molecular flexibility index (Phi) is 5.48. The molecule has 0 atom stereocenters. The molecule has 0 aliphatic carbocycles. The Morgan fingerprint density at radius 3 is 2.22 bits per heavy atom. The summed E-state index contributed by atoms with van der Waals surface area (Å²) in [6, 6.07) is 12.7. The zero-order valence-electron chi connectivity index (χ0n) is 17.3. The summed E-state index contributed by atoms with van der Waals surface area (Å²) < 4.78 is 48.5. The Bertz CT molecular complexity index is 1340. The number of aliphatic hydroxyl groups is 1. The van der Waals surface area contributed by atoms with Crippen LogP contribution in [0.15, 0.2) is 65.7 Å². The van der Waals surface area contributed by atoms with Gasteiger partial charge in [0.05, 0.1) is 29.4 Å². The molecule has 4 aromatic rings. The zero-order chi connectivity index (χ0) is 23.0. The summed E-state index contributed by atoms with van der Waals surface area (Å²) in [6.45, 7) is 3.07. The van der Waals surface area contributed by atoms with Crippen LogP contribution in [0.5, 0.6) is 11.5 Å². The summed E-state index contributed by atoms with van der Waals surface area (Å²) in [5.74, 6) is -2.20. The highest BCUT2D eigenvalue weighted by Crippen LogP contribution is 2.27. The van der Waals surface area contributed by atoms with Crippen molar-refractivity contribution in [1.82, 2.24) is 9.55 Å². The van der Waals surface area contributed by atoms with Gasteiger partial charge in [-0.15, -0.1) is 0 Å². The lowest BCUT2D eigenvalue weighted by atomic mass is 9.99. The van der Waals surface area contributed by atoms with E-state index in [-0.39, 0.29) is 17.5 Å². The Morgan fingerprint density at radius 1 is 0.969 bits per heavy atom. The first-order chi connectivity index (χ1) is 15.1. The molecule has 0 radical (unpaired) electrons. The molecule has 8 heteroatoms. The maximum atomic E-state index is 14.1. The third kappa shape index (κ3) is 4.36. The van der Waals surface area contributed by atoms with E-state index in [0.29, 0.717) is 29.1 Å². The van der Waals surface area contributed by atoms with Crippen molar-refractivity contribution >= 4 is 10.9 Å². The van der Waals surface area contributed by atoms with Gasteiger partial charge in [-0.05, 0) is 49.7 Å². The van der Waals surface area contributed by atoms with Gasteiger partial charge in [-0.3, -0.25) is 4.79 Å². The van der Waals surface area contributed by atoms with Crippen LogP contribution in [0.3, 0.4) is 0 Å². The minimum atomic E-state index is -1.02. The summed E-state index contributed by atoms with van der Waals surface area (Å²) in [5, 5.41) is 10.2. The summed E-state index contributed by atoms with van der Waals surface area (Å²) in [5.41, 5.74) is -0.750. The van der Waals surface area contributed by atoms with Gasteiger partial charge in [0.1, 0.15) is 29.0 Å². The van der Waals surface area contributed by atoms with Gasteiger partial charge in [0.15, 0.2) is 0 Å². The molecule has 1 heterocycles. The molecule has 0 amide bonds. The lowest BCUT2D eigenvalue weighted by molar-refractivity contribution is 0.0785. The van der Waals surface area contributed by atoms with Gasteiger partial charge in [-0.25, -0.2) is 13.2 Å². The highest BCUT2D eigenvalue weighted by molar-refractivity contribution is 5.79. The Balaban J connectivity index is 1.67. The maximum absolute atomic E-state index is 14.1. The first-order valence-corrected chi connectivity index (χ1v) is 9.75. The quantitative estimate of drug-likeness (QED) is 0.480. The minimum absolute atomic E-state index is 0.195. The van der Waals surface area contributed by atoms with Gasteiger partial charge < -0.3 is 14.4 Å². The Morgan fingerprint density at radius 2 is 1.59 bits per heavy atom. The molecule has 0 aliphatic heterocycles. The van der Waals surface area contributed by atoms with E-state index in [1.54, 1.807) is 50.2 Å². The van der Waals surface area contributed by atoms with Crippen molar-refractivity contribution in [3.63, 3.8) is 0 Å². The van der Waals surface area contributed by atoms with Crippen LogP contribution in [-0.4, -0.2) is 14.7 Å². The third-order valence-corrected chi connectivity index (χ3v) is 5.05. The van der Waals surface area contributed by atoms with Crippen LogP contribution in [0.25, 0.3) is 10.9 Å². The second-order valence-corrected chi connectivity index (χ2v) is 7.89. The predicted octanol–water partition coefficient (Wildman–Crippen LogP) is 4.88. The normalized spacial score (nSPS) is 11.7. The van der Waals surface area contributed by atoms with Crippen LogP contribution in [0.2, 0.25) is 0 Å². The minimum Gasteiger partial charge on any atom is -0.457 e. The number of rotatable bonds is 5. The van der Waals surface area contributed by atoms with Gasteiger partial charge in [0.25, 0.3) is 5.56 Å². The summed E-state index contributed by atoms with van der Waals surface area (Å²) >= 11 is 0.